The van der Waals surface area contributed by atoms with E-state index in [4.69, 9.17) is 21.7 Å². The Bertz CT molecular complexity index is 791. The average Bonchev–Trinajstić information content (AvgIpc) is 3.17. The second kappa shape index (κ2) is 8.15. The lowest BCUT2D eigenvalue weighted by Crippen LogP contribution is -2.51. The van der Waals surface area contributed by atoms with Gasteiger partial charge in [-0.2, -0.15) is 0 Å². The Balaban J connectivity index is 1.26. The topological polar surface area (TPSA) is 37.0 Å². The van der Waals surface area contributed by atoms with Crippen LogP contribution in [0.15, 0.2) is 48.5 Å². The van der Waals surface area contributed by atoms with Crippen molar-refractivity contribution in [3.63, 3.8) is 0 Å². The number of hydrogen-bond acceptors (Lipinski definition) is 4. The fourth-order valence-electron chi connectivity index (χ4n) is 3.51. The normalized spacial score (nSPS) is 17.6. The van der Waals surface area contributed by atoms with Gasteiger partial charge in [0, 0.05) is 32.7 Å². The molecular formula is C21H25N3O2S. The Hall–Kier alpha value is -2.31. The number of hydrogen-bond donors (Lipinski definition) is 1. The zero-order chi connectivity index (χ0) is 18.6. The van der Waals surface area contributed by atoms with E-state index in [9.17, 15) is 0 Å². The first-order valence-electron chi connectivity index (χ1n) is 9.40. The maximum Gasteiger partial charge on any atom is 0.231 e. The monoisotopic (exact) mass is 383 g/mol. The summed E-state index contributed by atoms with van der Waals surface area (Å²) in [6.45, 7) is 7.27. The lowest BCUT2D eigenvalue weighted by atomic mass is 10.1. The third-order valence-corrected chi connectivity index (χ3v) is 5.52. The first kappa shape index (κ1) is 18.1. The predicted molar refractivity (Wildman–Crippen MR) is 110 cm³/mol. The maximum absolute atomic E-state index is 5.64. The van der Waals surface area contributed by atoms with Gasteiger partial charge < -0.3 is 19.7 Å². The molecule has 1 unspecified atom stereocenters. The highest BCUT2D eigenvalue weighted by molar-refractivity contribution is 7.80. The summed E-state index contributed by atoms with van der Waals surface area (Å²) in [5.41, 5.74) is 2.51. The molecule has 1 atom stereocenters. The number of fused-ring (bicyclic) bond motifs is 1. The van der Waals surface area contributed by atoms with Crippen LogP contribution in [0.2, 0.25) is 0 Å². The Kier molecular flexibility index (Phi) is 5.45. The molecule has 2 aromatic rings. The summed E-state index contributed by atoms with van der Waals surface area (Å²) in [6.07, 6.45) is 0. The van der Waals surface area contributed by atoms with Crippen molar-refractivity contribution in [2.24, 2.45) is 0 Å². The molecule has 2 aliphatic heterocycles. The van der Waals surface area contributed by atoms with Crippen molar-refractivity contribution >= 4 is 17.3 Å². The lowest BCUT2D eigenvalue weighted by Gasteiger charge is -2.37. The molecule has 0 radical (unpaired) electrons. The van der Waals surface area contributed by atoms with Gasteiger partial charge in [-0.25, -0.2) is 0 Å². The third kappa shape index (κ3) is 4.34. The highest BCUT2D eigenvalue weighted by Gasteiger charge is 2.21. The van der Waals surface area contributed by atoms with E-state index in [1.54, 1.807) is 0 Å². The van der Waals surface area contributed by atoms with Gasteiger partial charge in [0.15, 0.2) is 16.6 Å². The Morgan fingerprint density at radius 3 is 2.56 bits per heavy atom. The SMILES string of the molecule is CC(NC(=S)N1CCN(Cc2ccc3c(c2)OCO3)CC1)c1ccccc1. The second-order valence-corrected chi connectivity index (χ2v) is 7.42. The van der Waals surface area contributed by atoms with Crippen molar-refractivity contribution in [1.82, 2.24) is 15.1 Å². The maximum atomic E-state index is 5.64. The van der Waals surface area contributed by atoms with Gasteiger partial charge in [-0.3, -0.25) is 4.90 Å². The van der Waals surface area contributed by atoms with Gasteiger partial charge in [-0.05, 0) is 42.4 Å². The van der Waals surface area contributed by atoms with Crippen LogP contribution in [0, 0.1) is 0 Å². The molecule has 0 spiro atoms. The average molecular weight is 384 g/mol. The summed E-state index contributed by atoms with van der Waals surface area (Å²) in [5.74, 6) is 1.69. The minimum Gasteiger partial charge on any atom is -0.454 e. The highest BCUT2D eigenvalue weighted by Crippen LogP contribution is 2.32. The number of benzene rings is 2. The van der Waals surface area contributed by atoms with Crippen LogP contribution in [0.3, 0.4) is 0 Å². The van der Waals surface area contributed by atoms with Gasteiger partial charge in [0.25, 0.3) is 0 Å². The molecule has 2 aliphatic rings. The number of ether oxygens (including phenoxy) is 2. The lowest BCUT2D eigenvalue weighted by molar-refractivity contribution is 0.172. The summed E-state index contributed by atoms with van der Waals surface area (Å²) in [5, 5.41) is 4.31. The molecular weight excluding hydrogens is 358 g/mol. The van der Waals surface area contributed by atoms with Crippen molar-refractivity contribution in [2.45, 2.75) is 19.5 Å². The van der Waals surface area contributed by atoms with Gasteiger partial charge in [0.2, 0.25) is 6.79 Å². The van der Waals surface area contributed by atoms with Gasteiger partial charge in [0.05, 0.1) is 6.04 Å². The minimum atomic E-state index is 0.213. The molecule has 4 rings (SSSR count). The van der Waals surface area contributed by atoms with E-state index < -0.39 is 0 Å². The molecule has 6 heteroatoms. The van der Waals surface area contributed by atoms with Crippen molar-refractivity contribution in [3.8, 4) is 11.5 Å². The van der Waals surface area contributed by atoms with Gasteiger partial charge in [0.1, 0.15) is 0 Å². The van der Waals surface area contributed by atoms with Crippen molar-refractivity contribution in [1.29, 1.82) is 0 Å². The highest BCUT2D eigenvalue weighted by atomic mass is 32.1. The molecule has 0 saturated carbocycles. The molecule has 2 heterocycles. The predicted octanol–water partition coefficient (Wildman–Crippen LogP) is 3.17. The van der Waals surface area contributed by atoms with Gasteiger partial charge >= 0.3 is 0 Å². The third-order valence-electron chi connectivity index (χ3n) is 5.14. The van der Waals surface area contributed by atoms with E-state index in [1.165, 1.54) is 11.1 Å². The van der Waals surface area contributed by atoms with E-state index in [0.29, 0.717) is 6.79 Å². The zero-order valence-corrected chi connectivity index (χ0v) is 16.4. The van der Waals surface area contributed by atoms with E-state index in [0.717, 1.165) is 49.3 Å². The first-order valence-corrected chi connectivity index (χ1v) is 9.81. The van der Waals surface area contributed by atoms with E-state index in [1.807, 2.05) is 12.1 Å². The molecule has 0 aliphatic carbocycles. The molecule has 1 N–H and O–H groups in total. The smallest absolute Gasteiger partial charge is 0.231 e. The summed E-state index contributed by atoms with van der Waals surface area (Å²) in [6, 6.07) is 16.8. The Morgan fingerprint density at radius 2 is 1.78 bits per heavy atom. The number of nitrogens with one attached hydrogen (secondary N) is 1. The minimum absolute atomic E-state index is 0.213. The Morgan fingerprint density at radius 1 is 1.04 bits per heavy atom. The molecule has 27 heavy (non-hydrogen) atoms. The van der Waals surface area contributed by atoms with Crippen LogP contribution in [0.1, 0.15) is 24.1 Å². The zero-order valence-electron chi connectivity index (χ0n) is 15.6. The number of thiocarbonyl (C=S) groups is 1. The van der Waals surface area contributed by atoms with Crippen molar-refractivity contribution in [2.75, 3.05) is 33.0 Å². The standard InChI is InChI=1S/C21H25N3O2S/c1-16(18-5-3-2-4-6-18)22-21(27)24-11-9-23(10-12-24)14-17-7-8-19-20(13-17)26-15-25-19/h2-8,13,16H,9-12,14-15H2,1H3,(H,22,27). The summed E-state index contributed by atoms with van der Waals surface area (Å²) >= 11 is 5.64. The molecule has 0 amide bonds. The fourth-order valence-corrected chi connectivity index (χ4v) is 3.87. The second-order valence-electron chi connectivity index (χ2n) is 7.03. The van der Waals surface area contributed by atoms with Crippen LogP contribution in [0.4, 0.5) is 0 Å². The summed E-state index contributed by atoms with van der Waals surface area (Å²) < 4.78 is 10.9. The van der Waals surface area contributed by atoms with Crippen LogP contribution < -0.4 is 14.8 Å². The van der Waals surface area contributed by atoms with Crippen LogP contribution >= 0.6 is 12.2 Å². The van der Waals surface area contributed by atoms with E-state index >= 15 is 0 Å². The number of rotatable bonds is 4. The van der Waals surface area contributed by atoms with E-state index in [-0.39, 0.29) is 6.04 Å². The summed E-state index contributed by atoms with van der Waals surface area (Å²) in [4.78, 5) is 4.72. The molecule has 2 aromatic carbocycles. The molecule has 0 bridgehead atoms. The van der Waals surface area contributed by atoms with Crippen LogP contribution in [0.25, 0.3) is 0 Å². The van der Waals surface area contributed by atoms with Crippen molar-refractivity contribution < 1.29 is 9.47 Å². The van der Waals surface area contributed by atoms with Crippen LogP contribution in [-0.2, 0) is 6.54 Å². The van der Waals surface area contributed by atoms with Crippen LogP contribution in [0.5, 0.6) is 11.5 Å². The molecule has 142 valence electrons. The molecule has 1 fully saturated rings. The molecule has 5 nitrogen and oxygen atoms in total. The largest absolute Gasteiger partial charge is 0.454 e. The number of piperazine rings is 1. The van der Waals surface area contributed by atoms with Crippen LogP contribution in [-0.4, -0.2) is 47.9 Å². The quantitative estimate of drug-likeness (QED) is 0.818. The van der Waals surface area contributed by atoms with Gasteiger partial charge in [-0.15, -0.1) is 0 Å². The van der Waals surface area contributed by atoms with E-state index in [2.05, 4.69) is 58.4 Å². The molecule has 1 saturated heterocycles. The first-order chi connectivity index (χ1) is 13.2. The van der Waals surface area contributed by atoms with Crippen molar-refractivity contribution in [3.05, 3.63) is 59.7 Å². The number of nitrogens with zero attached hydrogens (tertiary/aromatic N) is 2. The molecule has 0 aromatic heterocycles. The fraction of sp³-hybridized carbons (Fsp3) is 0.381. The van der Waals surface area contributed by atoms with Gasteiger partial charge in [-0.1, -0.05) is 36.4 Å². The Labute approximate surface area is 165 Å². The summed E-state index contributed by atoms with van der Waals surface area (Å²) in [7, 11) is 0.